The third-order valence-corrected chi connectivity index (χ3v) is 5.91. The summed E-state index contributed by atoms with van der Waals surface area (Å²) in [6.07, 6.45) is 7.13. The van der Waals surface area contributed by atoms with Gasteiger partial charge in [0.2, 0.25) is 0 Å². The minimum absolute atomic E-state index is 0.0398. The number of piperazine rings is 1. The maximum atomic E-state index is 12.4. The summed E-state index contributed by atoms with van der Waals surface area (Å²) in [6.45, 7) is 9.81. The first-order valence-electron chi connectivity index (χ1n) is 9.59. The second-order valence-electron chi connectivity index (χ2n) is 7.51. The van der Waals surface area contributed by atoms with E-state index in [1.54, 1.807) is 0 Å². The van der Waals surface area contributed by atoms with Gasteiger partial charge in [0.15, 0.2) is 0 Å². The van der Waals surface area contributed by atoms with E-state index in [2.05, 4.69) is 49.2 Å². The van der Waals surface area contributed by atoms with Crippen molar-refractivity contribution in [2.24, 2.45) is 5.92 Å². The standard InChI is InChI=1S/C21H31N3O/c1-16-7-6-10-20(18(16)3)23-11-13-24(14-12-23)21(25)22-15-17(2)19-8-4-5-9-19/h6-7,10,15,19H,4-5,8-9,11-14H2,1-3H3,(H,22,25)/b17-15+. The minimum atomic E-state index is 0.0398. The maximum Gasteiger partial charge on any atom is 0.321 e. The number of carbonyl (C=O) groups excluding carboxylic acids is 1. The maximum absolute atomic E-state index is 12.4. The van der Waals surface area contributed by atoms with Gasteiger partial charge in [0.1, 0.15) is 0 Å². The summed E-state index contributed by atoms with van der Waals surface area (Å²) in [6, 6.07) is 6.50. The van der Waals surface area contributed by atoms with Crippen LogP contribution in [0.4, 0.5) is 10.5 Å². The Labute approximate surface area is 151 Å². The van der Waals surface area contributed by atoms with E-state index in [1.807, 2.05) is 11.1 Å². The molecule has 0 bridgehead atoms. The molecule has 4 heteroatoms. The van der Waals surface area contributed by atoms with E-state index in [-0.39, 0.29) is 6.03 Å². The van der Waals surface area contributed by atoms with Crippen molar-refractivity contribution >= 4 is 11.7 Å². The molecule has 1 aliphatic heterocycles. The Morgan fingerprint density at radius 1 is 1.12 bits per heavy atom. The lowest BCUT2D eigenvalue weighted by molar-refractivity contribution is 0.198. The van der Waals surface area contributed by atoms with Gasteiger partial charge >= 0.3 is 6.03 Å². The number of amides is 2. The quantitative estimate of drug-likeness (QED) is 0.893. The number of aryl methyl sites for hydroxylation is 1. The van der Waals surface area contributed by atoms with Crippen molar-refractivity contribution in [3.8, 4) is 0 Å². The summed E-state index contributed by atoms with van der Waals surface area (Å²) < 4.78 is 0. The molecule has 1 N–H and O–H groups in total. The van der Waals surface area contributed by atoms with Crippen LogP contribution in [-0.2, 0) is 0 Å². The van der Waals surface area contributed by atoms with E-state index < -0.39 is 0 Å². The van der Waals surface area contributed by atoms with Crippen molar-refractivity contribution in [2.45, 2.75) is 46.5 Å². The van der Waals surface area contributed by atoms with Gasteiger partial charge in [-0.25, -0.2) is 4.79 Å². The van der Waals surface area contributed by atoms with Gasteiger partial charge in [-0.2, -0.15) is 0 Å². The fourth-order valence-corrected chi connectivity index (χ4v) is 3.99. The molecule has 3 rings (SSSR count). The normalized spacial score (nSPS) is 19.4. The summed E-state index contributed by atoms with van der Waals surface area (Å²) in [4.78, 5) is 16.8. The Morgan fingerprint density at radius 3 is 2.48 bits per heavy atom. The first-order chi connectivity index (χ1) is 12.1. The highest BCUT2D eigenvalue weighted by atomic mass is 16.2. The molecule has 1 heterocycles. The summed E-state index contributed by atoms with van der Waals surface area (Å²) in [7, 11) is 0. The first kappa shape index (κ1) is 17.8. The van der Waals surface area contributed by atoms with E-state index in [1.165, 1.54) is 48.1 Å². The number of nitrogens with one attached hydrogen (secondary N) is 1. The largest absolute Gasteiger partial charge is 0.368 e. The molecule has 1 aliphatic carbocycles. The molecular formula is C21H31N3O. The lowest BCUT2D eigenvalue weighted by Crippen LogP contribution is -2.51. The van der Waals surface area contributed by atoms with Gasteiger partial charge in [-0.05, 0) is 56.7 Å². The molecule has 25 heavy (non-hydrogen) atoms. The van der Waals surface area contributed by atoms with Gasteiger partial charge < -0.3 is 15.1 Å². The number of nitrogens with zero attached hydrogens (tertiary/aromatic N) is 2. The summed E-state index contributed by atoms with van der Waals surface area (Å²) >= 11 is 0. The van der Waals surface area contributed by atoms with Crippen molar-refractivity contribution in [3.63, 3.8) is 0 Å². The van der Waals surface area contributed by atoms with Crippen LogP contribution < -0.4 is 10.2 Å². The van der Waals surface area contributed by atoms with Crippen LogP contribution in [-0.4, -0.2) is 37.1 Å². The SMILES string of the molecule is C/C(=C\NC(=O)N1CCN(c2cccc(C)c2C)CC1)C1CCCC1. The molecule has 1 saturated carbocycles. The second kappa shape index (κ2) is 7.94. The van der Waals surface area contributed by atoms with Crippen LogP contribution in [0.3, 0.4) is 0 Å². The van der Waals surface area contributed by atoms with Crippen LogP contribution in [0.25, 0.3) is 0 Å². The zero-order valence-electron chi connectivity index (χ0n) is 15.8. The summed E-state index contributed by atoms with van der Waals surface area (Å²) in [5, 5.41) is 3.01. The van der Waals surface area contributed by atoms with Gasteiger partial charge in [-0.1, -0.05) is 30.5 Å². The van der Waals surface area contributed by atoms with Gasteiger partial charge in [0.05, 0.1) is 0 Å². The van der Waals surface area contributed by atoms with E-state index in [0.717, 1.165) is 26.2 Å². The molecule has 0 radical (unpaired) electrons. The molecule has 136 valence electrons. The number of rotatable bonds is 3. The number of carbonyl (C=O) groups is 1. The van der Waals surface area contributed by atoms with E-state index in [0.29, 0.717) is 5.92 Å². The molecule has 4 nitrogen and oxygen atoms in total. The molecule has 1 aromatic carbocycles. The predicted octanol–water partition coefficient (Wildman–Crippen LogP) is 4.23. The third kappa shape index (κ3) is 4.17. The number of urea groups is 1. The topological polar surface area (TPSA) is 35.6 Å². The highest BCUT2D eigenvalue weighted by molar-refractivity contribution is 5.75. The Bertz CT molecular complexity index is 639. The lowest BCUT2D eigenvalue weighted by Gasteiger charge is -2.36. The van der Waals surface area contributed by atoms with Gasteiger partial charge in [0.25, 0.3) is 0 Å². The van der Waals surface area contributed by atoms with Crippen LogP contribution in [0, 0.1) is 19.8 Å². The number of hydrogen-bond donors (Lipinski definition) is 1. The van der Waals surface area contributed by atoms with Gasteiger partial charge in [0, 0.05) is 38.1 Å². The predicted molar refractivity (Wildman–Crippen MR) is 104 cm³/mol. The molecule has 2 amide bonds. The van der Waals surface area contributed by atoms with Crippen LogP contribution in [0.15, 0.2) is 30.0 Å². The average molecular weight is 341 g/mol. The Balaban J connectivity index is 1.52. The number of anilines is 1. The average Bonchev–Trinajstić information content (AvgIpc) is 3.17. The fourth-order valence-electron chi connectivity index (χ4n) is 3.99. The van der Waals surface area contributed by atoms with Crippen LogP contribution >= 0.6 is 0 Å². The summed E-state index contributed by atoms with van der Waals surface area (Å²) in [5.74, 6) is 0.668. The highest BCUT2D eigenvalue weighted by Gasteiger charge is 2.22. The Morgan fingerprint density at radius 2 is 1.80 bits per heavy atom. The molecular weight excluding hydrogens is 310 g/mol. The number of hydrogen-bond acceptors (Lipinski definition) is 2. The highest BCUT2D eigenvalue weighted by Crippen LogP contribution is 2.30. The third-order valence-electron chi connectivity index (χ3n) is 5.91. The molecule has 1 saturated heterocycles. The van der Waals surface area contributed by atoms with Crippen molar-refractivity contribution in [1.82, 2.24) is 10.2 Å². The van der Waals surface area contributed by atoms with Crippen LogP contribution in [0.2, 0.25) is 0 Å². The Kier molecular flexibility index (Phi) is 5.67. The molecule has 0 spiro atoms. The molecule has 1 aromatic rings. The van der Waals surface area contributed by atoms with Gasteiger partial charge in [-0.3, -0.25) is 0 Å². The van der Waals surface area contributed by atoms with Crippen LogP contribution in [0.5, 0.6) is 0 Å². The minimum Gasteiger partial charge on any atom is -0.368 e. The summed E-state index contributed by atoms with van der Waals surface area (Å²) in [5.41, 5.74) is 5.29. The molecule has 2 aliphatic rings. The molecule has 0 unspecified atom stereocenters. The van der Waals surface area contributed by atoms with Crippen molar-refractivity contribution < 1.29 is 4.79 Å². The number of benzene rings is 1. The zero-order valence-corrected chi connectivity index (χ0v) is 15.8. The second-order valence-corrected chi connectivity index (χ2v) is 7.51. The molecule has 0 aromatic heterocycles. The monoisotopic (exact) mass is 341 g/mol. The molecule has 0 atom stereocenters. The van der Waals surface area contributed by atoms with E-state index in [4.69, 9.17) is 0 Å². The smallest absolute Gasteiger partial charge is 0.321 e. The number of allylic oxidation sites excluding steroid dienone is 1. The van der Waals surface area contributed by atoms with Crippen molar-refractivity contribution in [1.29, 1.82) is 0 Å². The fraction of sp³-hybridized carbons (Fsp3) is 0.571. The van der Waals surface area contributed by atoms with Gasteiger partial charge in [-0.15, -0.1) is 0 Å². The Hall–Kier alpha value is -1.97. The first-order valence-corrected chi connectivity index (χ1v) is 9.59. The van der Waals surface area contributed by atoms with E-state index in [9.17, 15) is 4.79 Å². The molecule has 2 fully saturated rings. The van der Waals surface area contributed by atoms with Crippen LogP contribution in [0.1, 0.15) is 43.7 Å². The van der Waals surface area contributed by atoms with E-state index >= 15 is 0 Å². The van der Waals surface area contributed by atoms with Crippen molar-refractivity contribution in [2.75, 3.05) is 31.1 Å². The van der Waals surface area contributed by atoms with Crippen molar-refractivity contribution in [3.05, 3.63) is 41.1 Å². The zero-order chi connectivity index (χ0) is 17.8. The lowest BCUT2D eigenvalue weighted by atomic mass is 10.0.